The molecule has 2 aromatic carbocycles. The van der Waals surface area contributed by atoms with E-state index in [2.05, 4.69) is 24.2 Å². The van der Waals surface area contributed by atoms with E-state index in [-0.39, 0.29) is 11.7 Å². The Hall–Kier alpha value is -3.12. The number of benzene rings is 2. The highest BCUT2D eigenvalue weighted by Crippen LogP contribution is 2.34. The third-order valence-electron chi connectivity index (χ3n) is 7.73. The molecule has 1 aliphatic carbocycles. The molecule has 4 rings (SSSR count). The molecule has 0 unspecified atom stereocenters. The molecule has 1 N–H and O–H groups in total. The Balaban J connectivity index is 0.000000449. The molecule has 0 radical (unpaired) electrons. The molecule has 1 saturated heterocycles. The summed E-state index contributed by atoms with van der Waals surface area (Å²) in [5.74, 6) is -0.163. The zero-order chi connectivity index (χ0) is 28.4. The lowest BCUT2D eigenvalue weighted by molar-refractivity contribution is -0.139. The van der Waals surface area contributed by atoms with Crippen LogP contribution in [-0.2, 0) is 6.18 Å². The second kappa shape index (κ2) is 14.3. The van der Waals surface area contributed by atoms with Gasteiger partial charge in [0.1, 0.15) is 5.82 Å². The van der Waals surface area contributed by atoms with Gasteiger partial charge < -0.3 is 15.1 Å². The van der Waals surface area contributed by atoms with Crippen molar-refractivity contribution < 1.29 is 22.4 Å². The molecule has 0 atom stereocenters. The minimum absolute atomic E-state index is 0.0350. The molecule has 0 bridgehead atoms. The SMILES string of the molecule is CC1CCC(N(CCC2CCN(C)CC2)C(=O)Nc2ccc(F)c(C(F)(F)F)c2)CC1.N#Cc1ccccc1. The van der Waals surface area contributed by atoms with Crippen LogP contribution in [0.5, 0.6) is 0 Å². The molecule has 2 amide bonds. The first-order valence-corrected chi connectivity index (χ1v) is 13.6. The molecule has 9 heteroatoms. The molecule has 1 saturated carbocycles. The van der Waals surface area contributed by atoms with Gasteiger partial charge in [-0.05, 0) is 107 Å². The van der Waals surface area contributed by atoms with E-state index < -0.39 is 23.6 Å². The Morgan fingerprint density at radius 2 is 1.69 bits per heavy atom. The van der Waals surface area contributed by atoms with Crippen molar-refractivity contribution in [2.45, 2.75) is 64.1 Å². The Kier molecular flexibility index (Phi) is 11.2. The monoisotopic (exact) mass is 546 g/mol. The number of nitrogens with zero attached hydrogens (tertiary/aromatic N) is 3. The van der Waals surface area contributed by atoms with E-state index in [1.165, 1.54) is 6.07 Å². The molecule has 212 valence electrons. The summed E-state index contributed by atoms with van der Waals surface area (Å²) in [6.07, 6.45) is 2.16. The third-order valence-corrected chi connectivity index (χ3v) is 7.73. The number of nitrogens with one attached hydrogen (secondary N) is 1. The lowest BCUT2D eigenvalue weighted by Crippen LogP contribution is -2.45. The smallest absolute Gasteiger partial charge is 0.322 e. The van der Waals surface area contributed by atoms with Crippen LogP contribution in [0.15, 0.2) is 48.5 Å². The van der Waals surface area contributed by atoms with Crippen LogP contribution in [-0.4, -0.2) is 48.6 Å². The summed E-state index contributed by atoms with van der Waals surface area (Å²) in [6, 6.07) is 13.5. The number of hydrogen-bond acceptors (Lipinski definition) is 3. The minimum atomic E-state index is -4.81. The van der Waals surface area contributed by atoms with E-state index in [0.29, 0.717) is 30.0 Å². The van der Waals surface area contributed by atoms with Gasteiger partial charge in [-0.3, -0.25) is 0 Å². The number of likely N-dealkylation sites (tertiary alicyclic amines) is 1. The van der Waals surface area contributed by atoms with E-state index >= 15 is 0 Å². The van der Waals surface area contributed by atoms with Gasteiger partial charge in [-0.15, -0.1) is 0 Å². The predicted octanol–water partition coefficient (Wildman–Crippen LogP) is 7.55. The van der Waals surface area contributed by atoms with Crippen LogP contribution < -0.4 is 5.32 Å². The normalized spacial score (nSPS) is 20.3. The van der Waals surface area contributed by atoms with Crippen molar-refractivity contribution in [3.05, 3.63) is 65.5 Å². The maximum absolute atomic E-state index is 13.6. The summed E-state index contributed by atoms with van der Waals surface area (Å²) in [5.41, 5.74) is -0.686. The fourth-order valence-electron chi connectivity index (χ4n) is 5.20. The van der Waals surface area contributed by atoms with Crippen molar-refractivity contribution in [2.24, 2.45) is 11.8 Å². The average molecular weight is 547 g/mol. The molecule has 2 aromatic rings. The van der Waals surface area contributed by atoms with Gasteiger partial charge in [0.25, 0.3) is 0 Å². The summed E-state index contributed by atoms with van der Waals surface area (Å²) in [6.45, 7) is 4.89. The molecule has 2 aliphatic rings. The van der Waals surface area contributed by atoms with Crippen molar-refractivity contribution in [1.29, 1.82) is 5.26 Å². The first-order chi connectivity index (χ1) is 18.6. The van der Waals surface area contributed by atoms with Crippen molar-refractivity contribution in [3.8, 4) is 6.07 Å². The topological polar surface area (TPSA) is 59.4 Å². The fourth-order valence-corrected chi connectivity index (χ4v) is 5.20. The molecular formula is C30H38F4N4O. The van der Waals surface area contributed by atoms with E-state index in [9.17, 15) is 22.4 Å². The van der Waals surface area contributed by atoms with Crippen LogP contribution >= 0.6 is 0 Å². The number of urea groups is 1. The Bertz CT molecular complexity index is 1090. The van der Waals surface area contributed by atoms with E-state index in [4.69, 9.17) is 5.26 Å². The van der Waals surface area contributed by atoms with Crippen LogP contribution in [0.2, 0.25) is 0 Å². The summed E-state index contributed by atoms with van der Waals surface area (Å²) in [4.78, 5) is 17.2. The lowest BCUT2D eigenvalue weighted by Gasteiger charge is -2.37. The molecule has 1 heterocycles. The largest absolute Gasteiger partial charge is 0.419 e. The molecule has 0 spiro atoms. The minimum Gasteiger partial charge on any atom is -0.322 e. The zero-order valence-electron chi connectivity index (χ0n) is 22.7. The van der Waals surface area contributed by atoms with E-state index in [1.807, 2.05) is 24.3 Å². The highest BCUT2D eigenvalue weighted by molar-refractivity contribution is 5.89. The van der Waals surface area contributed by atoms with Gasteiger partial charge in [0.2, 0.25) is 0 Å². The van der Waals surface area contributed by atoms with Crippen LogP contribution in [0.4, 0.5) is 28.0 Å². The quantitative estimate of drug-likeness (QED) is 0.394. The fraction of sp³-hybridized carbons (Fsp3) is 0.533. The number of halogens is 4. The standard InChI is InChI=1S/C23H33F4N3O.C7H5N/c1-16-3-6-19(7-4-16)30(14-11-17-9-12-29(2)13-10-17)22(31)28-18-5-8-21(24)20(15-18)23(25,26)27;8-6-7-4-2-1-3-5-7/h5,8,15-17,19H,3-4,6-7,9-14H2,1-2H3,(H,28,31);1-5H. The van der Waals surface area contributed by atoms with Gasteiger partial charge in [-0.25, -0.2) is 9.18 Å². The number of carbonyl (C=O) groups excluding carboxylic acids is 1. The summed E-state index contributed by atoms with van der Waals surface area (Å²) >= 11 is 0. The number of anilines is 1. The van der Waals surface area contributed by atoms with Crippen molar-refractivity contribution in [2.75, 3.05) is 32.0 Å². The summed E-state index contributed by atoms with van der Waals surface area (Å²) in [7, 11) is 2.11. The predicted molar refractivity (Wildman–Crippen MR) is 145 cm³/mol. The number of alkyl halides is 3. The second-order valence-electron chi connectivity index (χ2n) is 10.7. The highest BCUT2D eigenvalue weighted by atomic mass is 19.4. The maximum atomic E-state index is 13.6. The lowest BCUT2D eigenvalue weighted by atomic mass is 9.86. The summed E-state index contributed by atoms with van der Waals surface area (Å²) in [5, 5.41) is 10.9. The van der Waals surface area contributed by atoms with Gasteiger partial charge in [0.15, 0.2) is 0 Å². The number of carbonyl (C=O) groups is 1. The van der Waals surface area contributed by atoms with Crippen molar-refractivity contribution in [3.63, 3.8) is 0 Å². The first-order valence-electron chi connectivity index (χ1n) is 13.6. The molecule has 5 nitrogen and oxygen atoms in total. The molecule has 0 aromatic heterocycles. The second-order valence-corrected chi connectivity index (χ2v) is 10.7. The number of rotatable bonds is 5. The van der Waals surface area contributed by atoms with Crippen LogP contribution in [0.3, 0.4) is 0 Å². The number of piperidine rings is 1. The van der Waals surface area contributed by atoms with E-state index in [1.54, 1.807) is 17.0 Å². The van der Waals surface area contributed by atoms with Gasteiger partial charge in [-0.2, -0.15) is 18.4 Å². The Morgan fingerprint density at radius 3 is 2.26 bits per heavy atom. The Labute approximate surface area is 228 Å². The summed E-state index contributed by atoms with van der Waals surface area (Å²) < 4.78 is 52.7. The molecule has 39 heavy (non-hydrogen) atoms. The maximum Gasteiger partial charge on any atom is 0.419 e. The van der Waals surface area contributed by atoms with Gasteiger partial charge >= 0.3 is 12.2 Å². The highest BCUT2D eigenvalue weighted by Gasteiger charge is 2.35. The number of hydrogen-bond donors (Lipinski definition) is 1. The van der Waals surface area contributed by atoms with Crippen molar-refractivity contribution >= 4 is 11.7 Å². The number of amides is 2. The molecule has 2 fully saturated rings. The van der Waals surface area contributed by atoms with Crippen LogP contribution in [0, 0.1) is 29.0 Å². The third kappa shape index (κ3) is 9.54. The first kappa shape index (κ1) is 30.4. The average Bonchev–Trinajstić information content (AvgIpc) is 2.92. The zero-order valence-corrected chi connectivity index (χ0v) is 22.7. The Morgan fingerprint density at radius 1 is 1.05 bits per heavy atom. The van der Waals surface area contributed by atoms with Crippen LogP contribution in [0.25, 0.3) is 0 Å². The van der Waals surface area contributed by atoms with Gasteiger partial charge in [0, 0.05) is 18.3 Å². The van der Waals surface area contributed by atoms with Gasteiger partial charge in [0.05, 0.1) is 17.2 Å². The molecule has 1 aliphatic heterocycles. The molecular weight excluding hydrogens is 508 g/mol. The van der Waals surface area contributed by atoms with Crippen molar-refractivity contribution in [1.82, 2.24) is 9.80 Å². The van der Waals surface area contributed by atoms with Gasteiger partial charge in [-0.1, -0.05) is 25.1 Å². The van der Waals surface area contributed by atoms with E-state index in [0.717, 1.165) is 64.1 Å². The van der Waals surface area contributed by atoms with Crippen LogP contribution in [0.1, 0.15) is 63.0 Å². The number of nitriles is 1.